The van der Waals surface area contributed by atoms with Crippen LogP contribution in [0.15, 0.2) is 41.7 Å². The molecule has 124 valence electrons. The molecule has 1 aliphatic carbocycles. The highest BCUT2D eigenvalue weighted by Crippen LogP contribution is 2.30. The summed E-state index contributed by atoms with van der Waals surface area (Å²) < 4.78 is 1.48. The summed E-state index contributed by atoms with van der Waals surface area (Å²) in [6.07, 6.45) is 5.43. The van der Waals surface area contributed by atoms with E-state index in [1.165, 1.54) is 4.57 Å². The lowest BCUT2D eigenvalue weighted by atomic mass is 10.1. The van der Waals surface area contributed by atoms with E-state index < -0.39 is 0 Å². The molecule has 1 fully saturated rings. The van der Waals surface area contributed by atoms with Gasteiger partial charge in [-0.2, -0.15) is 0 Å². The molecule has 1 saturated carbocycles. The SMILES string of the molecule is Cn1cnc2cc(-c3ccc4nc[nH]c4c3)nc(NC3CC3)c2c1=O. The monoisotopic (exact) mass is 332 g/mol. The highest BCUT2D eigenvalue weighted by Gasteiger charge is 2.24. The maximum Gasteiger partial charge on any atom is 0.264 e. The number of aromatic amines is 1. The lowest BCUT2D eigenvalue weighted by molar-refractivity contribution is 0.842. The van der Waals surface area contributed by atoms with Gasteiger partial charge in [0.05, 0.1) is 34.9 Å². The van der Waals surface area contributed by atoms with Crippen LogP contribution in [0.4, 0.5) is 5.82 Å². The number of nitrogens with one attached hydrogen (secondary N) is 2. The number of anilines is 1. The summed E-state index contributed by atoms with van der Waals surface area (Å²) in [7, 11) is 1.70. The van der Waals surface area contributed by atoms with Gasteiger partial charge in [-0.3, -0.25) is 4.79 Å². The van der Waals surface area contributed by atoms with Crippen LogP contribution in [0.1, 0.15) is 12.8 Å². The molecule has 5 rings (SSSR count). The Balaban J connectivity index is 1.75. The van der Waals surface area contributed by atoms with E-state index in [0.717, 1.165) is 35.1 Å². The summed E-state index contributed by atoms with van der Waals surface area (Å²) in [4.78, 5) is 29.1. The van der Waals surface area contributed by atoms with Gasteiger partial charge in [0, 0.05) is 18.7 Å². The van der Waals surface area contributed by atoms with Crippen molar-refractivity contribution in [2.75, 3.05) is 5.32 Å². The summed E-state index contributed by atoms with van der Waals surface area (Å²) >= 11 is 0. The van der Waals surface area contributed by atoms with Crippen LogP contribution in [0.25, 0.3) is 33.2 Å². The molecule has 0 bridgehead atoms. The van der Waals surface area contributed by atoms with E-state index in [0.29, 0.717) is 22.8 Å². The predicted octanol–water partition coefficient (Wildman–Crippen LogP) is 2.45. The molecule has 7 nitrogen and oxygen atoms in total. The zero-order chi connectivity index (χ0) is 17.0. The number of benzene rings is 1. The highest BCUT2D eigenvalue weighted by molar-refractivity contribution is 5.92. The number of nitrogens with zero attached hydrogens (tertiary/aromatic N) is 4. The molecule has 0 unspecified atom stereocenters. The van der Waals surface area contributed by atoms with Crippen LogP contribution in [0.2, 0.25) is 0 Å². The van der Waals surface area contributed by atoms with Crippen molar-refractivity contribution in [1.29, 1.82) is 0 Å². The molecule has 0 saturated heterocycles. The highest BCUT2D eigenvalue weighted by atomic mass is 16.1. The Morgan fingerprint density at radius 3 is 2.92 bits per heavy atom. The number of pyridine rings is 1. The molecule has 0 radical (unpaired) electrons. The fourth-order valence-electron chi connectivity index (χ4n) is 2.99. The van der Waals surface area contributed by atoms with E-state index in [4.69, 9.17) is 4.98 Å². The largest absolute Gasteiger partial charge is 0.367 e. The van der Waals surface area contributed by atoms with Crippen LogP contribution < -0.4 is 10.9 Å². The van der Waals surface area contributed by atoms with Crippen molar-refractivity contribution in [2.45, 2.75) is 18.9 Å². The van der Waals surface area contributed by atoms with Crippen LogP contribution in [0.3, 0.4) is 0 Å². The molecule has 0 amide bonds. The number of fused-ring (bicyclic) bond motifs is 2. The smallest absolute Gasteiger partial charge is 0.264 e. The van der Waals surface area contributed by atoms with E-state index in [-0.39, 0.29) is 5.56 Å². The number of aryl methyl sites for hydroxylation is 1. The predicted molar refractivity (Wildman–Crippen MR) is 96.5 cm³/mol. The Hall–Kier alpha value is -3.22. The first-order valence-electron chi connectivity index (χ1n) is 8.25. The van der Waals surface area contributed by atoms with Crippen LogP contribution in [0.5, 0.6) is 0 Å². The normalized spacial score (nSPS) is 14.3. The van der Waals surface area contributed by atoms with Gasteiger partial charge in [0.2, 0.25) is 0 Å². The van der Waals surface area contributed by atoms with Crippen LogP contribution in [-0.4, -0.2) is 30.5 Å². The summed E-state index contributed by atoms with van der Waals surface area (Å²) in [5, 5.41) is 3.93. The van der Waals surface area contributed by atoms with Crippen molar-refractivity contribution in [2.24, 2.45) is 7.05 Å². The minimum absolute atomic E-state index is 0.0868. The van der Waals surface area contributed by atoms with Crippen molar-refractivity contribution in [3.05, 3.63) is 47.3 Å². The summed E-state index contributed by atoms with van der Waals surface area (Å²) in [6.45, 7) is 0. The summed E-state index contributed by atoms with van der Waals surface area (Å²) in [5.74, 6) is 0.619. The Kier molecular flexibility index (Phi) is 2.91. The van der Waals surface area contributed by atoms with Crippen molar-refractivity contribution < 1.29 is 0 Å². The van der Waals surface area contributed by atoms with Gasteiger partial charge in [0.1, 0.15) is 11.2 Å². The molecule has 0 atom stereocenters. The van der Waals surface area contributed by atoms with Crippen LogP contribution >= 0.6 is 0 Å². The maximum atomic E-state index is 12.6. The molecule has 7 heteroatoms. The van der Waals surface area contributed by atoms with Crippen molar-refractivity contribution >= 4 is 27.8 Å². The first-order valence-corrected chi connectivity index (χ1v) is 8.25. The number of aromatic nitrogens is 5. The average molecular weight is 332 g/mol. The van der Waals surface area contributed by atoms with E-state index in [1.807, 2.05) is 24.3 Å². The summed E-state index contributed by atoms with van der Waals surface area (Å²) in [6, 6.07) is 8.22. The third kappa shape index (κ3) is 2.36. The molecular weight excluding hydrogens is 316 g/mol. The van der Waals surface area contributed by atoms with Crippen molar-refractivity contribution in [3.8, 4) is 11.3 Å². The van der Waals surface area contributed by atoms with Crippen LogP contribution in [0, 0.1) is 0 Å². The standard InChI is InChI=1S/C18H16N6O/c1-24-9-21-15-7-13(10-2-5-12-14(6-10)20-8-19-12)23-17(16(15)18(24)25)22-11-3-4-11/h2,5-9,11H,3-4H2,1H3,(H,19,20)(H,22,23). The second-order valence-corrected chi connectivity index (χ2v) is 6.46. The zero-order valence-electron chi connectivity index (χ0n) is 13.7. The quantitative estimate of drug-likeness (QED) is 0.601. The molecular formula is C18H16N6O. The molecule has 3 aromatic heterocycles. The third-order valence-corrected chi connectivity index (χ3v) is 4.54. The Morgan fingerprint density at radius 2 is 2.08 bits per heavy atom. The molecule has 0 spiro atoms. The molecule has 0 aliphatic heterocycles. The van der Waals surface area contributed by atoms with E-state index in [2.05, 4.69) is 20.3 Å². The fourth-order valence-corrected chi connectivity index (χ4v) is 2.99. The van der Waals surface area contributed by atoms with Crippen molar-refractivity contribution in [1.82, 2.24) is 24.5 Å². The molecule has 4 aromatic rings. The van der Waals surface area contributed by atoms with Gasteiger partial charge in [-0.15, -0.1) is 0 Å². The second-order valence-electron chi connectivity index (χ2n) is 6.46. The van der Waals surface area contributed by atoms with Gasteiger partial charge in [-0.1, -0.05) is 6.07 Å². The molecule has 2 N–H and O–H groups in total. The Bertz CT molecular complexity index is 1170. The van der Waals surface area contributed by atoms with Gasteiger partial charge < -0.3 is 14.9 Å². The molecule has 1 aromatic carbocycles. The lowest BCUT2D eigenvalue weighted by Gasteiger charge is -2.11. The topological polar surface area (TPSA) is 88.5 Å². The van der Waals surface area contributed by atoms with E-state index in [9.17, 15) is 4.79 Å². The molecule has 25 heavy (non-hydrogen) atoms. The minimum Gasteiger partial charge on any atom is -0.367 e. The first-order chi connectivity index (χ1) is 12.2. The number of hydrogen-bond acceptors (Lipinski definition) is 5. The van der Waals surface area contributed by atoms with E-state index in [1.54, 1.807) is 19.7 Å². The van der Waals surface area contributed by atoms with Gasteiger partial charge in [0.25, 0.3) is 5.56 Å². The van der Waals surface area contributed by atoms with Crippen LogP contribution in [-0.2, 0) is 7.05 Å². The molecule has 1 aliphatic rings. The number of hydrogen-bond donors (Lipinski definition) is 2. The average Bonchev–Trinajstić information content (AvgIpc) is 3.31. The maximum absolute atomic E-state index is 12.6. The Morgan fingerprint density at radius 1 is 1.20 bits per heavy atom. The number of rotatable bonds is 3. The van der Waals surface area contributed by atoms with E-state index >= 15 is 0 Å². The van der Waals surface area contributed by atoms with Gasteiger partial charge in [-0.25, -0.2) is 15.0 Å². The molecule has 3 heterocycles. The first kappa shape index (κ1) is 14.2. The van der Waals surface area contributed by atoms with Gasteiger partial charge >= 0.3 is 0 Å². The second kappa shape index (κ2) is 5.14. The number of H-pyrrole nitrogens is 1. The zero-order valence-corrected chi connectivity index (χ0v) is 13.7. The van der Waals surface area contributed by atoms with Gasteiger partial charge in [-0.05, 0) is 31.0 Å². The lowest BCUT2D eigenvalue weighted by Crippen LogP contribution is -2.19. The van der Waals surface area contributed by atoms with Crippen molar-refractivity contribution in [3.63, 3.8) is 0 Å². The summed E-state index contributed by atoms with van der Waals surface area (Å²) in [5.41, 5.74) is 4.17. The Labute approximate surface area is 142 Å². The minimum atomic E-state index is -0.0868. The third-order valence-electron chi connectivity index (χ3n) is 4.54. The van der Waals surface area contributed by atoms with Gasteiger partial charge in [0.15, 0.2) is 0 Å². The number of imidazole rings is 1. The fraction of sp³-hybridized carbons (Fsp3) is 0.222.